The fourth-order valence-corrected chi connectivity index (χ4v) is 3.49. The van der Waals surface area contributed by atoms with E-state index in [1.807, 2.05) is 0 Å². The van der Waals surface area contributed by atoms with Crippen LogP contribution in [0.5, 0.6) is 0 Å². The van der Waals surface area contributed by atoms with Crippen LogP contribution in [-0.4, -0.2) is 11.7 Å². The molecule has 0 aromatic heterocycles. The molecule has 0 unspecified atom stereocenters. The van der Waals surface area contributed by atoms with Crippen molar-refractivity contribution in [3.05, 3.63) is 104 Å². The van der Waals surface area contributed by atoms with Gasteiger partial charge in [-0.3, -0.25) is 9.69 Å². The predicted molar refractivity (Wildman–Crippen MR) is 116 cm³/mol. The Bertz CT molecular complexity index is 1160. The van der Waals surface area contributed by atoms with Crippen molar-refractivity contribution in [3.8, 4) is 0 Å². The van der Waals surface area contributed by atoms with Crippen molar-refractivity contribution in [2.24, 2.45) is 4.99 Å². The number of halogens is 4. The highest BCUT2D eigenvalue weighted by atomic mass is 35.5. The highest BCUT2D eigenvalue weighted by Crippen LogP contribution is 2.30. The van der Waals surface area contributed by atoms with Gasteiger partial charge >= 0.3 is 0 Å². The number of aliphatic imine (C=N–C) groups is 1. The summed E-state index contributed by atoms with van der Waals surface area (Å²) in [5.41, 5.74) is 2.00. The minimum absolute atomic E-state index is 0.198. The smallest absolute Gasteiger partial charge is 0.266 e. The van der Waals surface area contributed by atoms with Crippen LogP contribution < -0.4 is 4.90 Å². The quantitative estimate of drug-likeness (QED) is 0.417. The van der Waals surface area contributed by atoms with Crippen molar-refractivity contribution in [2.45, 2.75) is 0 Å². The van der Waals surface area contributed by atoms with E-state index in [0.29, 0.717) is 37.7 Å². The summed E-state index contributed by atoms with van der Waals surface area (Å²) in [4.78, 5) is 19.1. The molecule has 0 aliphatic carbocycles. The van der Waals surface area contributed by atoms with Gasteiger partial charge in [-0.15, -0.1) is 0 Å². The van der Waals surface area contributed by atoms with Crippen LogP contribution >= 0.6 is 34.8 Å². The first-order chi connectivity index (χ1) is 13.9. The Labute approximate surface area is 181 Å². The zero-order chi connectivity index (χ0) is 20.5. The van der Waals surface area contributed by atoms with Crippen molar-refractivity contribution in [1.82, 2.24) is 0 Å². The molecule has 0 fully saturated rings. The van der Waals surface area contributed by atoms with Gasteiger partial charge in [0.25, 0.3) is 5.91 Å². The Balaban J connectivity index is 1.83. The molecule has 1 aliphatic rings. The van der Waals surface area contributed by atoms with Crippen molar-refractivity contribution in [1.29, 1.82) is 0 Å². The number of benzene rings is 3. The average molecular weight is 446 g/mol. The van der Waals surface area contributed by atoms with Crippen LogP contribution in [0.3, 0.4) is 0 Å². The van der Waals surface area contributed by atoms with Gasteiger partial charge in [-0.1, -0.05) is 40.9 Å². The molecule has 0 spiro atoms. The summed E-state index contributed by atoms with van der Waals surface area (Å²) in [5.74, 6) is -0.337. The van der Waals surface area contributed by atoms with Gasteiger partial charge < -0.3 is 0 Å². The van der Waals surface area contributed by atoms with Gasteiger partial charge in [0.2, 0.25) is 0 Å². The second-order valence-corrected chi connectivity index (χ2v) is 7.53. The lowest BCUT2D eigenvalue weighted by Crippen LogP contribution is -2.32. The first kappa shape index (κ1) is 19.6. The summed E-state index contributed by atoms with van der Waals surface area (Å²) in [7, 11) is 0. The van der Waals surface area contributed by atoms with Gasteiger partial charge in [-0.2, -0.15) is 0 Å². The molecule has 3 aromatic rings. The monoisotopic (exact) mass is 444 g/mol. The molecule has 0 saturated carbocycles. The van der Waals surface area contributed by atoms with E-state index in [2.05, 4.69) is 4.99 Å². The van der Waals surface area contributed by atoms with E-state index >= 15 is 0 Å². The zero-order valence-electron chi connectivity index (χ0n) is 14.7. The second kappa shape index (κ2) is 7.99. The topological polar surface area (TPSA) is 32.7 Å². The number of hydrogen-bond acceptors (Lipinski definition) is 2. The number of amidine groups is 1. The molecule has 0 radical (unpaired) electrons. The number of amides is 1. The maximum absolute atomic E-state index is 13.4. The number of hydrogen-bond donors (Lipinski definition) is 0. The van der Waals surface area contributed by atoms with E-state index in [1.165, 1.54) is 29.2 Å². The first-order valence-corrected chi connectivity index (χ1v) is 9.67. The molecular formula is C22H12Cl3FN2O. The molecule has 0 saturated heterocycles. The maximum Gasteiger partial charge on any atom is 0.282 e. The van der Waals surface area contributed by atoms with Crippen LogP contribution in [0, 0.1) is 5.82 Å². The van der Waals surface area contributed by atoms with Gasteiger partial charge in [0.05, 0.1) is 5.69 Å². The fourth-order valence-electron chi connectivity index (χ4n) is 2.90. The molecule has 144 valence electrons. The van der Waals surface area contributed by atoms with Gasteiger partial charge in [-0.25, -0.2) is 9.38 Å². The average Bonchev–Trinajstić information content (AvgIpc) is 3.01. The van der Waals surface area contributed by atoms with E-state index in [4.69, 9.17) is 34.8 Å². The number of nitrogens with zero attached hydrogens (tertiary/aromatic N) is 2. The summed E-state index contributed by atoms with van der Waals surface area (Å²) in [5, 5.41) is 1.46. The summed E-state index contributed by atoms with van der Waals surface area (Å²) >= 11 is 18.2. The molecule has 4 rings (SSSR count). The Morgan fingerprint density at radius 2 is 1.52 bits per heavy atom. The van der Waals surface area contributed by atoms with Crippen LogP contribution in [0.15, 0.2) is 77.4 Å². The minimum Gasteiger partial charge on any atom is -0.266 e. The van der Waals surface area contributed by atoms with E-state index in [9.17, 15) is 9.18 Å². The zero-order valence-corrected chi connectivity index (χ0v) is 17.0. The molecule has 1 heterocycles. The molecule has 29 heavy (non-hydrogen) atoms. The third-order valence-corrected chi connectivity index (χ3v) is 5.12. The highest BCUT2D eigenvalue weighted by molar-refractivity contribution is 6.36. The van der Waals surface area contributed by atoms with Gasteiger partial charge in [0.1, 0.15) is 17.3 Å². The van der Waals surface area contributed by atoms with Gasteiger partial charge in [0, 0.05) is 20.6 Å². The van der Waals surface area contributed by atoms with Crippen LogP contribution in [-0.2, 0) is 4.79 Å². The van der Waals surface area contributed by atoms with Crippen LogP contribution in [0.2, 0.25) is 15.1 Å². The third-order valence-electron chi connectivity index (χ3n) is 4.30. The Hall–Kier alpha value is -2.66. The standard InChI is InChI=1S/C22H12Cl3FN2O/c23-15-4-1-13(2-5-15)21-27-20(11-14-3-6-16(24)12-19(14)25)22(29)28(21)18-9-7-17(26)8-10-18/h1-12H/b20-11+. The summed E-state index contributed by atoms with van der Waals surface area (Å²) in [6.07, 6.45) is 1.60. The Morgan fingerprint density at radius 3 is 2.17 bits per heavy atom. The van der Waals surface area contributed by atoms with Crippen molar-refractivity contribution < 1.29 is 9.18 Å². The van der Waals surface area contributed by atoms with E-state index in [0.717, 1.165) is 0 Å². The van der Waals surface area contributed by atoms with Crippen molar-refractivity contribution in [3.63, 3.8) is 0 Å². The third kappa shape index (κ3) is 4.06. The van der Waals surface area contributed by atoms with Crippen LogP contribution in [0.1, 0.15) is 11.1 Å². The minimum atomic E-state index is -0.394. The molecule has 0 atom stereocenters. The Morgan fingerprint density at radius 1 is 0.862 bits per heavy atom. The van der Waals surface area contributed by atoms with Crippen LogP contribution in [0.4, 0.5) is 10.1 Å². The lowest BCUT2D eigenvalue weighted by atomic mass is 10.1. The maximum atomic E-state index is 13.4. The molecule has 7 heteroatoms. The highest BCUT2D eigenvalue weighted by Gasteiger charge is 2.32. The molecular weight excluding hydrogens is 434 g/mol. The molecule has 0 N–H and O–H groups in total. The molecule has 3 aromatic carbocycles. The lowest BCUT2D eigenvalue weighted by Gasteiger charge is -2.18. The number of rotatable bonds is 3. The largest absolute Gasteiger partial charge is 0.282 e. The molecule has 1 aliphatic heterocycles. The molecule has 1 amide bonds. The van der Waals surface area contributed by atoms with Crippen molar-refractivity contribution in [2.75, 3.05) is 4.90 Å². The van der Waals surface area contributed by atoms with Gasteiger partial charge in [-0.05, 0) is 72.3 Å². The summed E-state index contributed by atoms with van der Waals surface area (Å²) in [6.45, 7) is 0. The van der Waals surface area contributed by atoms with E-state index in [1.54, 1.807) is 48.5 Å². The second-order valence-electron chi connectivity index (χ2n) is 6.25. The summed E-state index contributed by atoms with van der Waals surface area (Å²) in [6, 6.07) is 17.6. The Kier molecular flexibility index (Phi) is 5.41. The molecule has 0 bridgehead atoms. The number of carbonyl (C=O) groups excluding carboxylic acids is 1. The van der Waals surface area contributed by atoms with E-state index in [-0.39, 0.29) is 11.6 Å². The van der Waals surface area contributed by atoms with Crippen molar-refractivity contribution >= 4 is 58.3 Å². The SMILES string of the molecule is O=C1/C(=C\c2ccc(Cl)cc2Cl)N=C(c2ccc(Cl)cc2)N1c1ccc(F)cc1. The fraction of sp³-hybridized carbons (Fsp3) is 0. The number of anilines is 1. The predicted octanol–water partition coefficient (Wildman–Crippen LogP) is 6.62. The van der Waals surface area contributed by atoms with Gasteiger partial charge in [0.15, 0.2) is 0 Å². The summed E-state index contributed by atoms with van der Waals surface area (Å²) < 4.78 is 13.4. The lowest BCUT2D eigenvalue weighted by molar-refractivity contribution is -0.113. The van der Waals surface area contributed by atoms with Crippen LogP contribution in [0.25, 0.3) is 6.08 Å². The first-order valence-electron chi connectivity index (χ1n) is 8.54. The number of carbonyl (C=O) groups is 1. The normalized spacial score (nSPS) is 15.2. The van der Waals surface area contributed by atoms with E-state index < -0.39 is 5.82 Å². The molecule has 3 nitrogen and oxygen atoms in total.